The fraction of sp³-hybridized carbons (Fsp3) is 0.500. The van der Waals surface area contributed by atoms with Gasteiger partial charge in [-0.05, 0) is 43.4 Å². The molecule has 2 rings (SSSR count). The first kappa shape index (κ1) is 17.2. The molecule has 0 aromatic heterocycles. The van der Waals surface area contributed by atoms with Gasteiger partial charge in [0.25, 0.3) is 0 Å². The van der Waals surface area contributed by atoms with Gasteiger partial charge in [0, 0.05) is 23.9 Å². The molecular formula is C14H20Cl2N2O2. The van der Waals surface area contributed by atoms with Crippen LogP contribution < -0.4 is 11.1 Å². The van der Waals surface area contributed by atoms with Gasteiger partial charge in [0.2, 0.25) is 5.91 Å². The third-order valence-electron chi connectivity index (χ3n) is 3.52. The molecule has 0 saturated carbocycles. The Morgan fingerprint density at radius 2 is 2.10 bits per heavy atom. The first-order valence-electron chi connectivity index (χ1n) is 6.48. The van der Waals surface area contributed by atoms with Crippen molar-refractivity contribution in [2.45, 2.75) is 25.8 Å². The third kappa shape index (κ3) is 4.35. The number of halogens is 2. The summed E-state index contributed by atoms with van der Waals surface area (Å²) < 4.78 is 5.27. The molecule has 1 atom stereocenters. The molecule has 1 saturated heterocycles. The lowest BCUT2D eigenvalue weighted by molar-refractivity contribution is -0.119. The van der Waals surface area contributed by atoms with Crippen molar-refractivity contribution in [2.24, 2.45) is 11.7 Å². The monoisotopic (exact) mass is 318 g/mol. The molecule has 0 radical (unpaired) electrons. The summed E-state index contributed by atoms with van der Waals surface area (Å²) in [6.07, 6.45) is 1.67. The van der Waals surface area contributed by atoms with Crippen molar-refractivity contribution in [1.82, 2.24) is 0 Å². The summed E-state index contributed by atoms with van der Waals surface area (Å²) in [4.78, 5) is 12.1. The first-order chi connectivity index (χ1) is 9.08. The SMILES string of the molecule is Cc1ccc(NC(=O)C(N)C2CCOCC2)cc1Cl.Cl. The van der Waals surface area contributed by atoms with Gasteiger partial charge in [-0.25, -0.2) is 0 Å². The van der Waals surface area contributed by atoms with Crippen LogP contribution in [0.4, 0.5) is 5.69 Å². The van der Waals surface area contributed by atoms with Crippen molar-refractivity contribution in [1.29, 1.82) is 0 Å². The Balaban J connectivity index is 0.00000200. The second-order valence-corrected chi connectivity index (χ2v) is 5.34. The minimum atomic E-state index is -0.496. The van der Waals surface area contributed by atoms with Gasteiger partial charge in [-0.1, -0.05) is 17.7 Å². The van der Waals surface area contributed by atoms with Crippen LogP contribution >= 0.6 is 24.0 Å². The number of benzene rings is 1. The van der Waals surface area contributed by atoms with Crippen LogP contribution in [0.25, 0.3) is 0 Å². The molecule has 3 N–H and O–H groups in total. The largest absolute Gasteiger partial charge is 0.381 e. The topological polar surface area (TPSA) is 64.4 Å². The number of aryl methyl sites for hydroxylation is 1. The normalized spacial score (nSPS) is 17.1. The number of nitrogens with one attached hydrogen (secondary N) is 1. The Labute approximate surface area is 130 Å². The fourth-order valence-corrected chi connectivity index (χ4v) is 2.37. The zero-order chi connectivity index (χ0) is 13.8. The quantitative estimate of drug-likeness (QED) is 0.900. The first-order valence-corrected chi connectivity index (χ1v) is 6.86. The summed E-state index contributed by atoms with van der Waals surface area (Å²) in [5.41, 5.74) is 7.67. The van der Waals surface area contributed by atoms with Crippen molar-refractivity contribution in [3.05, 3.63) is 28.8 Å². The number of hydrogen-bond donors (Lipinski definition) is 2. The molecular weight excluding hydrogens is 299 g/mol. The van der Waals surface area contributed by atoms with Gasteiger partial charge in [-0.15, -0.1) is 12.4 Å². The van der Waals surface area contributed by atoms with Gasteiger partial charge in [-0.2, -0.15) is 0 Å². The maximum absolute atomic E-state index is 12.1. The van der Waals surface area contributed by atoms with E-state index < -0.39 is 6.04 Å². The average molecular weight is 319 g/mol. The second kappa shape index (κ2) is 7.84. The number of carbonyl (C=O) groups excluding carboxylic acids is 1. The molecule has 1 heterocycles. The van der Waals surface area contributed by atoms with Gasteiger partial charge in [0.05, 0.1) is 6.04 Å². The molecule has 0 bridgehead atoms. The van der Waals surface area contributed by atoms with Crippen molar-refractivity contribution in [2.75, 3.05) is 18.5 Å². The summed E-state index contributed by atoms with van der Waals surface area (Å²) >= 11 is 6.03. The van der Waals surface area contributed by atoms with Crippen LogP contribution in [0.1, 0.15) is 18.4 Å². The van der Waals surface area contributed by atoms with Crippen LogP contribution in [0.15, 0.2) is 18.2 Å². The summed E-state index contributed by atoms with van der Waals surface area (Å²) in [5, 5.41) is 3.45. The van der Waals surface area contributed by atoms with Gasteiger partial charge >= 0.3 is 0 Å². The van der Waals surface area contributed by atoms with Gasteiger partial charge in [-0.3, -0.25) is 4.79 Å². The molecule has 1 aromatic carbocycles. The van der Waals surface area contributed by atoms with E-state index in [9.17, 15) is 4.79 Å². The molecule has 0 spiro atoms. The fourth-order valence-electron chi connectivity index (χ4n) is 2.19. The van der Waals surface area contributed by atoms with Crippen molar-refractivity contribution in [3.63, 3.8) is 0 Å². The highest BCUT2D eigenvalue weighted by molar-refractivity contribution is 6.31. The second-order valence-electron chi connectivity index (χ2n) is 4.93. The number of rotatable bonds is 3. The minimum absolute atomic E-state index is 0. The number of carbonyl (C=O) groups is 1. The Kier molecular flexibility index (Phi) is 6.76. The van der Waals surface area contributed by atoms with E-state index in [-0.39, 0.29) is 24.2 Å². The molecule has 112 valence electrons. The molecule has 1 amide bonds. The van der Waals surface area contributed by atoms with E-state index in [2.05, 4.69) is 5.32 Å². The van der Waals surface area contributed by atoms with Crippen LogP contribution in [0.3, 0.4) is 0 Å². The van der Waals surface area contributed by atoms with E-state index in [1.165, 1.54) is 0 Å². The van der Waals surface area contributed by atoms with Gasteiger partial charge < -0.3 is 15.8 Å². The standard InChI is InChI=1S/C14H19ClN2O2.ClH/c1-9-2-3-11(8-12(9)15)17-14(18)13(16)10-4-6-19-7-5-10;/h2-3,8,10,13H,4-7,16H2,1H3,(H,17,18);1H. The molecule has 0 aliphatic carbocycles. The Morgan fingerprint density at radius 3 is 2.70 bits per heavy atom. The average Bonchev–Trinajstić information content (AvgIpc) is 2.43. The zero-order valence-corrected chi connectivity index (χ0v) is 13.0. The number of nitrogens with two attached hydrogens (primary N) is 1. The van der Waals surface area contributed by atoms with Gasteiger partial charge in [0.15, 0.2) is 0 Å². The summed E-state index contributed by atoms with van der Waals surface area (Å²) in [6, 6.07) is 4.95. The molecule has 1 unspecified atom stereocenters. The van der Waals surface area contributed by atoms with E-state index in [1.54, 1.807) is 6.07 Å². The Hall–Kier alpha value is -0.810. The van der Waals surface area contributed by atoms with Crippen LogP contribution in [0.5, 0.6) is 0 Å². The van der Waals surface area contributed by atoms with E-state index in [0.717, 1.165) is 18.4 Å². The smallest absolute Gasteiger partial charge is 0.241 e. The van der Waals surface area contributed by atoms with E-state index in [0.29, 0.717) is 23.9 Å². The lowest BCUT2D eigenvalue weighted by Crippen LogP contribution is -2.44. The number of amides is 1. The predicted molar refractivity (Wildman–Crippen MR) is 83.6 cm³/mol. The summed E-state index contributed by atoms with van der Waals surface area (Å²) in [7, 11) is 0. The lowest BCUT2D eigenvalue weighted by Gasteiger charge is -2.26. The highest BCUT2D eigenvalue weighted by atomic mass is 35.5. The number of anilines is 1. The van der Waals surface area contributed by atoms with Crippen LogP contribution in [0, 0.1) is 12.8 Å². The zero-order valence-electron chi connectivity index (χ0n) is 11.4. The summed E-state index contributed by atoms with van der Waals surface area (Å²) in [6.45, 7) is 3.28. The molecule has 6 heteroatoms. The molecule has 1 aliphatic heterocycles. The minimum Gasteiger partial charge on any atom is -0.381 e. The van der Waals surface area contributed by atoms with Crippen molar-refractivity contribution in [3.8, 4) is 0 Å². The maximum atomic E-state index is 12.1. The Bertz CT molecular complexity index is 462. The number of hydrogen-bond acceptors (Lipinski definition) is 3. The van der Waals surface area contributed by atoms with E-state index in [1.807, 2.05) is 19.1 Å². The van der Waals surface area contributed by atoms with Gasteiger partial charge in [0.1, 0.15) is 0 Å². The molecule has 4 nitrogen and oxygen atoms in total. The molecule has 20 heavy (non-hydrogen) atoms. The molecule has 1 fully saturated rings. The predicted octanol–water partition coefficient (Wildman–Crippen LogP) is 2.76. The highest BCUT2D eigenvalue weighted by Gasteiger charge is 2.26. The van der Waals surface area contributed by atoms with Crippen LogP contribution in [-0.2, 0) is 9.53 Å². The summed E-state index contributed by atoms with van der Waals surface area (Å²) in [5.74, 6) is 0.0292. The molecule has 1 aliphatic rings. The number of ether oxygens (including phenoxy) is 1. The molecule has 1 aromatic rings. The third-order valence-corrected chi connectivity index (χ3v) is 3.92. The van der Waals surface area contributed by atoms with E-state index in [4.69, 9.17) is 22.1 Å². The van der Waals surface area contributed by atoms with Crippen LogP contribution in [0.2, 0.25) is 5.02 Å². The van der Waals surface area contributed by atoms with Crippen LogP contribution in [-0.4, -0.2) is 25.2 Å². The highest BCUT2D eigenvalue weighted by Crippen LogP contribution is 2.22. The van der Waals surface area contributed by atoms with Crippen molar-refractivity contribution >= 4 is 35.6 Å². The van der Waals surface area contributed by atoms with E-state index >= 15 is 0 Å². The van der Waals surface area contributed by atoms with Crippen molar-refractivity contribution < 1.29 is 9.53 Å². The maximum Gasteiger partial charge on any atom is 0.241 e. The Morgan fingerprint density at radius 1 is 1.45 bits per heavy atom. The lowest BCUT2D eigenvalue weighted by atomic mass is 9.92.